The lowest BCUT2D eigenvalue weighted by Gasteiger charge is -2.15. The Balaban J connectivity index is 3.19. The van der Waals surface area contributed by atoms with E-state index in [0.29, 0.717) is 22.0 Å². The molecule has 4 nitrogen and oxygen atoms in total. The van der Waals surface area contributed by atoms with Crippen LogP contribution in [0.2, 0.25) is 0 Å². The molecule has 0 heterocycles. The van der Waals surface area contributed by atoms with Crippen molar-refractivity contribution in [3.63, 3.8) is 0 Å². The Morgan fingerprint density at radius 1 is 1.15 bits per heavy atom. The monoisotopic (exact) mass is 362 g/mol. The van der Waals surface area contributed by atoms with Crippen molar-refractivity contribution in [3.05, 3.63) is 27.7 Å². The Bertz CT molecular complexity index is 569. The van der Waals surface area contributed by atoms with Crippen molar-refractivity contribution in [2.24, 2.45) is 0 Å². The van der Waals surface area contributed by atoms with Crippen LogP contribution in [0.4, 0.5) is 0 Å². The summed E-state index contributed by atoms with van der Waals surface area (Å²) in [6.07, 6.45) is 0. The van der Waals surface area contributed by atoms with Crippen LogP contribution < -0.4 is 10.0 Å². The quantitative estimate of drug-likeness (QED) is 0.817. The molecule has 20 heavy (non-hydrogen) atoms. The number of sulfonamides is 1. The van der Waals surface area contributed by atoms with Crippen LogP contribution in [-0.2, 0) is 16.6 Å². The zero-order valence-corrected chi connectivity index (χ0v) is 15.0. The molecule has 0 radical (unpaired) electrons. The topological polar surface area (TPSA) is 58.2 Å². The third kappa shape index (κ3) is 4.84. The highest BCUT2D eigenvalue weighted by atomic mass is 79.9. The van der Waals surface area contributed by atoms with Gasteiger partial charge in [-0.1, -0.05) is 19.9 Å². The van der Waals surface area contributed by atoms with Crippen LogP contribution in [-0.4, -0.2) is 20.5 Å². The predicted molar refractivity (Wildman–Crippen MR) is 86.3 cm³/mol. The second kappa shape index (κ2) is 7.02. The maximum absolute atomic E-state index is 12.3. The number of hydrogen-bond donors (Lipinski definition) is 2. The minimum absolute atomic E-state index is 0.135. The molecule has 1 rings (SSSR count). The molecule has 6 heteroatoms. The van der Waals surface area contributed by atoms with Crippen LogP contribution in [0.25, 0.3) is 0 Å². The molecule has 0 aromatic heterocycles. The Morgan fingerprint density at radius 2 is 1.75 bits per heavy atom. The van der Waals surface area contributed by atoms with Gasteiger partial charge in [0.2, 0.25) is 10.0 Å². The lowest BCUT2D eigenvalue weighted by Crippen LogP contribution is -2.31. The summed E-state index contributed by atoms with van der Waals surface area (Å²) in [7, 11) is -3.50. The van der Waals surface area contributed by atoms with Gasteiger partial charge in [-0.05, 0) is 53.9 Å². The van der Waals surface area contributed by atoms with E-state index in [1.54, 1.807) is 6.07 Å². The molecule has 1 aromatic carbocycles. The second-order valence-electron chi connectivity index (χ2n) is 5.54. The van der Waals surface area contributed by atoms with Crippen molar-refractivity contribution in [2.75, 3.05) is 0 Å². The van der Waals surface area contributed by atoms with Crippen molar-refractivity contribution < 1.29 is 8.42 Å². The highest BCUT2D eigenvalue weighted by Gasteiger charge is 2.20. The lowest BCUT2D eigenvalue weighted by atomic mass is 10.1. The molecule has 0 fully saturated rings. The standard InChI is InChI=1S/C14H23BrN2O2S/c1-9(2)16-8-12-6-11(5)14(15)13(7-12)20(18,19)17-10(3)4/h6-7,9-10,16-17H,8H2,1-5H3. The van der Waals surface area contributed by atoms with Gasteiger partial charge in [0, 0.05) is 23.1 Å². The van der Waals surface area contributed by atoms with E-state index in [9.17, 15) is 8.42 Å². The summed E-state index contributed by atoms with van der Waals surface area (Å²) in [5.74, 6) is 0. The van der Waals surface area contributed by atoms with Crippen molar-refractivity contribution in [1.29, 1.82) is 0 Å². The highest BCUT2D eigenvalue weighted by Crippen LogP contribution is 2.27. The van der Waals surface area contributed by atoms with Crippen molar-refractivity contribution in [1.82, 2.24) is 10.0 Å². The first-order chi connectivity index (χ1) is 9.13. The molecule has 0 bridgehead atoms. The third-order valence-electron chi connectivity index (χ3n) is 2.68. The molecule has 1 aromatic rings. The van der Waals surface area contributed by atoms with Crippen LogP contribution in [0.1, 0.15) is 38.8 Å². The van der Waals surface area contributed by atoms with Crippen molar-refractivity contribution in [3.8, 4) is 0 Å². The molecule has 0 spiro atoms. The summed E-state index contributed by atoms with van der Waals surface area (Å²) in [6.45, 7) is 10.3. The molecule has 0 atom stereocenters. The smallest absolute Gasteiger partial charge is 0.241 e. The molecule has 0 saturated heterocycles. The van der Waals surface area contributed by atoms with Gasteiger partial charge in [-0.15, -0.1) is 0 Å². The van der Waals surface area contributed by atoms with Gasteiger partial charge in [0.05, 0.1) is 4.90 Å². The van der Waals surface area contributed by atoms with E-state index in [1.807, 2.05) is 26.8 Å². The number of halogens is 1. The van der Waals surface area contributed by atoms with E-state index in [1.165, 1.54) is 0 Å². The van der Waals surface area contributed by atoms with E-state index in [4.69, 9.17) is 0 Å². The fraction of sp³-hybridized carbons (Fsp3) is 0.571. The van der Waals surface area contributed by atoms with Crippen LogP contribution >= 0.6 is 15.9 Å². The van der Waals surface area contributed by atoms with Gasteiger partial charge in [0.1, 0.15) is 0 Å². The minimum atomic E-state index is -3.50. The lowest BCUT2D eigenvalue weighted by molar-refractivity contribution is 0.568. The minimum Gasteiger partial charge on any atom is -0.310 e. The number of nitrogens with one attached hydrogen (secondary N) is 2. The number of hydrogen-bond acceptors (Lipinski definition) is 3. The van der Waals surface area contributed by atoms with Gasteiger partial charge in [-0.25, -0.2) is 13.1 Å². The largest absolute Gasteiger partial charge is 0.310 e. The normalized spacial score (nSPS) is 12.4. The Labute approximate surface area is 130 Å². The molecule has 0 aliphatic carbocycles. The number of aryl methyl sites for hydroxylation is 1. The predicted octanol–water partition coefficient (Wildman–Crippen LogP) is 2.94. The van der Waals surface area contributed by atoms with Gasteiger partial charge in [-0.3, -0.25) is 0 Å². The van der Waals surface area contributed by atoms with E-state index < -0.39 is 10.0 Å². The van der Waals surface area contributed by atoms with E-state index >= 15 is 0 Å². The first-order valence-corrected chi connectivity index (χ1v) is 8.96. The maximum atomic E-state index is 12.3. The average molecular weight is 363 g/mol. The summed E-state index contributed by atoms with van der Waals surface area (Å²) in [6, 6.07) is 3.93. The molecular weight excluding hydrogens is 340 g/mol. The molecule has 0 unspecified atom stereocenters. The molecule has 2 N–H and O–H groups in total. The molecule has 0 aliphatic heterocycles. The molecule has 0 amide bonds. The Hall–Kier alpha value is -0.430. The van der Waals surface area contributed by atoms with Crippen molar-refractivity contribution in [2.45, 2.75) is 58.1 Å². The fourth-order valence-corrected chi connectivity index (χ4v) is 4.12. The Kier molecular flexibility index (Phi) is 6.19. The maximum Gasteiger partial charge on any atom is 0.241 e. The SMILES string of the molecule is Cc1cc(CNC(C)C)cc(S(=O)(=O)NC(C)C)c1Br. The molecule has 0 saturated carbocycles. The summed E-state index contributed by atoms with van der Waals surface area (Å²) < 4.78 is 27.9. The van der Waals surface area contributed by atoms with E-state index in [2.05, 4.69) is 39.8 Å². The average Bonchev–Trinajstić information content (AvgIpc) is 2.28. The van der Waals surface area contributed by atoms with Crippen LogP contribution in [0, 0.1) is 6.92 Å². The number of rotatable bonds is 6. The first-order valence-electron chi connectivity index (χ1n) is 6.68. The second-order valence-corrected chi connectivity index (χ2v) is 8.01. The van der Waals surface area contributed by atoms with Gasteiger partial charge in [0.25, 0.3) is 0 Å². The molecule has 0 aliphatic rings. The van der Waals surface area contributed by atoms with Crippen LogP contribution in [0.5, 0.6) is 0 Å². The van der Waals surface area contributed by atoms with Crippen LogP contribution in [0.3, 0.4) is 0 Å². The molecule has 114 valence electrons. The number of benzene rings is 1. The van der Waals surface area contributed by atoms with Gasteiger partial charge in [-0.2, -0.15) is 0 Å². The van der Waals surface area contributed by atoms with Gasteiger partial charge in [0.15, 0.2) is 0 Å². The summed E-state index contributed by atoms with van der Waals surface area (Å²) in [5, 5.41) is 3.30. The first kappa shape index (κ1) is 17.6. The van der Waals surface area contributed by atoms with Gasteiger partial charge < -0.3 is 5.32 Å². The van der Waals surface area contributed by atoms with Gasteiger partial charge >= 0.3 is 0 Å². The van der Waals surface area contributed by atoms with Crippen LogP contribution in [0.15, 0.2) is 21.5 Å². The summed E-state index contributed by atoms with van der Waals surface area (Å²) in [4.78, 5) is 0.298. The van der Waals surface area contributed by atoms with E-state index in [-0.39, 0.29) is 6.04 Å². The third-order valence-corrected chi connectivity index (χ3v) is 5.67. The summed E-state index contributed by atoms with van der Waals surface area (Å²) >= 11 is 3.38. The highest BCUT2D eigenvalue weighted by molar-refractivity contribution is 9.10. The summed E-state index contributed by atoms with van der Waals surface area (Å²) in [5.41, 5.74) is 1.88. The van der Waals surface area contributed by atoms with E-state index in [0.717, 1.165) is 11.1 Å². The zero-order chi connectivity index (χ0) is 15.5. The molecular formula is C14H23BrN2O2S. The Morgan fingerprint density at radius 3 is 2.25 bits per heavy atom. The zero-order valence-electron chi connectivity index (χ0n) is 12.6. The fourth-order valence-electron chi connectivity index (χ4n) is 1.80. The van der Waals surface area contributed by atoms with Crippen molar-refractivity contribution >= 4 is 26.0 Å².